The Morgan fingerprint density at radius 1 is 1.07 bits per heavy atom. The number of piperidine rings is 1. The standard InChI is InChI=1S/C24H33N3OS/c1-17(2)28-23-13-9-21(10-14-23)26-24(29)25-19(4)20-7-11-22(12-8-20)27-15-5-6-18(3)16-27/h7-14,17-19H,5-6,15-16H2,1-4H3,(H2,25,26,29). The lowest BCUT2D eigenvalue weighted by atomic mass is 9.99. The molecule has 1 aliphatic heterocycles. The average molecular weight is 412 g/mol. The molecule has 5 heteroatoms. The number of thiocarbonyl (C=S) groups is 1. The van der Waals surface area contributed by atoms with Crippen LogP contribution >= 0.6 is 12.2 Å². The van der Waals surface area contributed by atoms with Crippen molar-refractivity contribution in [2.45, 2.75) is 52.7 Å². The first-order valence-corrected chi connectivity index (χ1v) is 11.0. The van der Waals surface area contributed by atoms with E-state index in [4.69, 9.17) is 17.0 Å². The smallest absolute Gasteiger partial charge is 0.171 e. The number of ether oxygens (including phenoxy) is 1. The quantitative estimate of drug-likeness (QED) is 0.591. The normalized spacial score (nSPS) is 17.7. The molecule has 1 aliphatic rings. The number of hydrogen-bond donors (Lipinski definition) is 2. The van der Waals surface area contributed by atoms with Crippen LogP contribution in [0.3, 0.4) is 0 Å². The van der Waals surface area contributed by atoms with Crippen LogP contribution in [0, 0.1) is 5.92 Å². The van der Waals surface area contributed by atoms with Crippen LogP contribution in [0.1, 0.15) is 52.1 Å². The molecule has 0 saturated carbocycles. The van der Waals surface area contributed by atoms with Gasteiger partial charge in [0, 0.05) is 24.5 Å². The van der Waals surface area contributed by atoms with E-state index in [0.29, 0.717) is 5.11 Å². The zero-order valence-electron chi connectivity index (χ0n) is 17.9. The molecule has 3 rings (SSSR count). The molecule has 2 aromatic carbocycles. The van der Waals surface area contributed by atoms with Crippen molar-refractivity contribution >= 4 is 28.7 Å². The van der Waals surface area contributed by atoms with Gasteiger partial charge in [0.15, 0.2) is 5.11 Å². The van der Waals surface area contributed by atoms with Crippen molar-refractivity contribution < 1.29 is 4.74 Å². The van der Waals surface area contributed by atoms with Crippen molar-refractivity contribution in [1.82, 2.24) is 5.32 Å². The van der Waals surface area contributed by atoms with Gasteiger partial charge in [0.2, 0.25) is 0 Å². The van der Waals surface area contributed by atoms with Crippen LogP contribution < -0.4 is 20.3 Å². The highest BCUT2D eigenvalue weighted by molar-refractivity contribution is 7.80. The first kappa shape index (κ1) is 21.4. The Balaban J connectivity index is 1.52. The summed E-state index contributed by atoms with van der Waals surface area (Å²) in [5.41, 5.74) is 3.49. The third-order valence-corrected chi connectivity index (χ3v) is 5.47. The maximum atomic E-state index is 5.68. The summed E-state index contributed by atoms with van der Waals surface area (Å²) in [6.07, 6.45) is 2.79. The van der Waals surface area contributed by atoms with Crippen molar-refractivity contribution in [2.75, 3.05) is 23.3 Å². The van der Waals surface area contributed by atoms with E-state index in [1.165, 1.54) is 24.1 Å². The molecule has 156 valence electrons. The number of nitrogens with one attached hydrogen (secondary N) is 2. The minimum atomic E-state index is 0.132. The molecule has 0 aliphatic carbocycles. The molecule has 1 heterocycles. The molecule has 0 bridgehead atoms. The predicted octanol–water partition coefficient (Wildman–Crippen LogP) is 5.76. The van der Waals surface area contributed by atoms with E-state index in [0.717, 1.165) is 30.4 Å². The van der Waals surface area contributed by atoms with Gasteiger partial charge in [-0.2, -0.15) is 0 Å². The Bertz CT molecular complexity index is 789. The Morgan fingerprint density at radius 2 is 1.76 bits per heavy atom. The fraction of sp³-hybridized carbons (Fsp3) is 0.458. The van der Waals surface area contributed by atoms with Crippen LogP contribution in [0.15, 0.2) is 48.5 Å². The maximum Gasteiger partial charge on any atom is 0.171 e. The molecule has 0 aromatic heterocycles. The van der Waals surface area contributed by atoms with E-state index in [2.05, 4.69) is 53.6 Å². The second-order valence-corrected chi connectivity index (χ2v) is 8.70. The fourth-order valence-corrected chi connectivity index (χ4v) is 4.03. The molecule has 0 spiro atoms. The van der Waals surface area contributed by atoms with Crippen LogP contribution in [0.4, 0.5) is 11.4 Å². The molecule has 2 aromatic rings. The summed E-state index contributed by atoms with van der Waals surface area (Å²) in [4.78, 5) is 2.49. The number of nitrogens with zero attached hydrogens (tertiary/aromatic N) is 1. The van der Waals surface area contributed by atoms with E-state index in [-0.39, 0.29) is 12.1 Å². The van der Waals surface area contributed by atoms with Gasteiger partial charge in [-0.05, 0) is 93.7 Å². The number of benzene rings is 2. The second kappa shape index (κ2) is 9.97. The molecule has 0 amide bonds. The summed E-state index contributed by atoms with van der Waals surface area (Å²) in [5, 5.41) is 7.24. The molecule has 29 heavy (non-hydrogen) atoms. The third-order valence-electron chi connectivity index (χ3n) is 5.25. The molecule has 2 atom stereocenters. The Hall–Kier alpha value is -2.27. The Labute approximate surface area is 180 Å². The van der Waals surface area contributed by atoms with Crippen LogP contribution in [0.5, 0.6) is 5.75 Å². The minimum absolute atomic E-state index is 0.132. The fourth-order valence-electron chi connectivity index (χ4n) is 3.73. The Morgan fingerprint density at radius 3 is 2.38 bits per heavy atom. The molecule has 4 nitrogen and oxygen atoms in total. The van der Waals surface area contributed by atoms with Crippen LogP contribution in [-0.2, 0) is 0 Å². The maximum absolute atomic E-state index is 5.68. The van der Waals surface area contributed by atoms with E-state index < -0.39 is 0 Å². The van der Waals surface area contributed by atoms with Crippen molar-refractivity contribution in [3.63, 3.8) is 0 Å². The van der Waals surface area contributed by atoms with Crippen LogP contribution in [-0.4, -0.2) is 24.3 Å². The molecule has 1 fully saturated rings. The van der Waals surface area contributed by atoms with E-state index in [1.807, 2.05) is 38.1 Å². The van der Waals surface area contributed by atoms with Gasteiger partial charge in [0.05, 0.1) is 12.1 Å². The van der Waals surface area contributed by atoms with E-state index in [1.54, 1.807) is 0 Å². The summed E-state index contributed by atoms with van der Waals surface area (Å²) in [7, 11) is 0. The molecular weight excluding hydrogens is 378 g/mol. The van der Waals surface area contributed by atoms with E-state index >= 15 is 0 Å². The van der Waals surface area contributed by atoms with E-state index in [9.17, 15) is 0 Å². The highest BCUT2D eigenvalue weighted by Crippen LogP contribution is 2.25. The average Bonchev–Trinajstić information content (AvgIpc) is 2.69. The molecule has 0 radical (unpaired) electrons. The van der Waals surface area contributed by atoms with Gasteiger partial charge in [0.25, 0.3) is 0 Å². The molecule has 2 N–H and O–H groups in total. The number of rotatable bonds is 6. The van der Waals surface area contributed by atoms with Gasteiger partial charge in [-0.25, -0.2) is 0 Å². The predicted molar refractivity (Wildman–Crippen MR) is 127 cm³/mol. The van der Waals surface area contributed by atoms with Gasteiger partial charge >= 0.3 is 0 Å². The lowest BCUT2D eigenvalue weighted by Gasteiger charge is -2.33. The lowest BCUT2D eigenvalue weighted by molar-refractivity contribution is 0.242. The SMILES string of the molecule is CC1CCCN(c2ccc(C(C)NC(=S)Nc3ccc(OC(C)C)cc3)cc2)C1. The zero-order valence-corrected chi connectivity index (χ0v) is 18.8. The van der Waals surface area contributed by atoms with Gasteiger partial charge in [-0.3, -0.25) is 0 Å². The molecule has 1 saturated heterocycles. The number of hydrogen-bond acceptors (Lipinski definition) is 3. The van der Waals surface area contributed by atoms with Crippen molar-refractivity contribution in [1.29, 1.82) is 0 Å². The zero-order chi connectivity index (χ0) is 20.8. The lowest BCUT2D eigenvalue weighted by Crippen LogP contribution is -2.34. The van der Waals surface area contributed by atoms with Crippen LogP contribution in [0.2, 0.25) is 0 Å². The van der Waals surface area contributed by atoms with Gasteiger partial charge in [0.1, 0.15) is 5.75 Å². The highest BCUT2D eigenvalue weighted by atomic mass is 32.1. The topological polar surface area (TPSA) is 36.5 Å². The second-order valence-electron chi connectivity index (χ2n) is 8.30. The third kappa shape index (κ3) is 6.36. The summed E-state index contributed by atoms with van der Waals surface area (Å²) >= 11 is 5.49. The van der Waals surface area contributed by atoms with Crippen LogP contribution in [0.25, 0.3) is 0 Å². The largest absolute Gasteiger partial charge is 0.491 e. The van der Waals surface area contributed by atoms with Gasteiger partial charge < -0.3 is 20.3 Å². The molecule has 2 unspecified atom stereocenters. The number of anilines is 2. The summed E-state index contributed by atoms with van der Waals surface area (Å²) in [5.74, 6) is 1.64. The monoisotopic (exact) mass is 411 g/mol. The summed E-state index contributed by atoms with van der Waals surface area (Å²) < 4.78 is 5.68. The minimum Gasteiger partial charge on any atom is -0.491 e. The van der Waals surface area contributed by atoms with Gasteiger partial charge in [-0.15, -0.1) is 0 Å². The van der Waals surface area contributed by atoms with Gasteiger partial charge in [-0.1, -0.05) is 19.1 Å². The van der Waals surface area contributed by atoms with Crippen molar-refractivity contribution in [3.8, 4) is 5.75 Å². The Kier molecular flexibility index (Phi) is 7.37. The molecular formula is C24H33N3OS. The summed E-state index contributed by atoms with van der Waals surface area (Å²) in [6.45, 7) is 10.8. The highest BCUT2D eigenvalue weighted by Gasteiger charge is 2.17. The first-order valence-electron chi connectivity index (χ1n) is 10.6. The van der Waals surface area contributed by atoms with Crippen molar-refractivity contribution in [3.05, 3.63) is 54.1 Å². The summed E-state index contributed by atoms with van der Waals surface area (Å²) in [6, 6.07) is 16.9. The van der Waals surface area contributed by atoms with Crippen molar-refractivity contribution in [2.24, 2.45) is 5.92 Å². The first-order chi connectivity index (χ1) is 13.9.